The van der Waals surface area contributed by atoms with Crippen LogP contribution < -0.4 is 10.6 Å². The number of piperidine rings is 1. The minimum atomic E-state index is -0.768. The predicted octanol–water partition coefficient (Wildman–Crippen LogP) is 2.00. The standard InChI is InChI=1S/C18H27N3O4/c1-17(2,14-4-6-15(7-5-14)21(23)24)16(22)20-12-18(13-25-3)8-10-19-11-9-18/h4-7,19H,8-13H2,1-3H3,(H,20,22). The number of non-ortho nitro benzene ring substituents is 1. The van der Waals surface area contributed by atoms with E-state index in [0.29, 0.717) is 13.2 Å². The van der Waals surface area contributed by atoms with Gasteiger partial charge in [-0.15, -0.1) is 0 Å². The molecule has 1 aromatic carbocycles. The van der Waals surface area contributed by atoms with Crippen LogP contribution >= 0.6 is 0 Å². The van der Waals surface area contributed by atoms with E-state index in [0.717, 1.165) is 31.5 Å². The van der Waals surface area contributed by atoms with Crippen molar-refractivity contribution in [1.82, 2.24) is 10.6 Å². The first kappa shape index (κ1) is 19.3. The average Bonchev–Trinajstić information content (AvgIpc) is 2.61. The second-order valence-corrected chi connectivity index (χ2v) is 7.29. The summed E-state index contributed by atoms with van der Waals surface area (Å²) in [5, 5.41) is 17.2. The van der Waals surface area contributed by atoms with Crippen LogP contribution in [0.4, 0.5) is 5.69 Å². The van der Waals surface area contributed by atoms with E-state index in [4.69, 9.17) is 4.74 Å². The molecule has 1 fully saturated rings. The van der Waals surface area contributed by atoms with Crippen molar-refractivity contribution in [3.05, 3.63) is 39.9 Å². The molecular formula is C18H27N3O4. The van der Waals surface area contributed by atoms with E-state index in [1.807, 2.05) is 13.8 Å². The van der Waals surface area contributed by atoms with Crippen molar-refractivity contribution in [2.24, 2.45) is 5.41 Å². The minimum absolute atomic E-state index is 0.0220. The fraction of sp³-hybridized carbons (Fsp3) is 0.611. The molecule has 0 atom stereocenters. The Morgan fingerprint density at radius 1 is 1.32 bits per heavy atom. The van der Waals surface area contributed by atoms with Crippen LogP contribution in [-0.4, -0.2) is 44.2 Å². The van der Waals surface area contributed by atoms with Gasteiger partial charge in [0, 0.05) is 31.2 Å². The van der Waals surface area contributed by atoms with Gasteiger partial charge in [-0.3, -0.25) is 14.9 Å². The van der Waals surface area contributed by atoms with Crippen LogP contribution in [0.2, 0.25) is 0 Å². The molecule has 0 saturated carbocycles. The molecule has 1 aliphatic rings. The number of ether oxygens (including phenoxy) is 1. The maximum absolute atomic E-state index is 12.8. The Morgan fingerprint density at radius 3 is 2.44 bits per heavy atom. The van der Waals surface area contributed by atoms with Gasteiger partial charge in [0.1, 0.15) is 0 Å². The third-order valence-corrected chi connectivity index (χ3v) is 5.11. The first-order valence-electron chi connectivity index (χ1n) is 8.54. The molecule has 0 aliphatic carbocycles. The lowest BCUT2D eigenvalue weighted by Gasteiger charge is -2.38. The number of amides is 1. The van der Waals surface area contributed by atoms with Gasteiger partial charge in [0.2, 0.25) is 5.91 Å². The van der Waals surface area contributed by atoms with Gasteiger partial charge in [-0.1, -0.05) is 12.1 Å². The smallest absolute Gasteiger partial charge is 0.269 e. The van der Waals surface area contributed by atoms with Gasteiger partial charge in [-0.05, 0) is 45.3 Å². The monoisotopic (exact) mass is 349 g/mol. The highest BCUT2D eigenvalue weighted by molar-refractivity contribution is 5.87. The van der Waals surface area contributed by atoms with Crippen LogP contribution in [0.1, 0.15) is 32.3 Å². The van der Waals surface area contributed by atoms with Crippen molar-refractivity contribution in [1.29, 1.82) is 0 Å². The van der Waals surface area contributed by atoms with Crippen LogP contribution in [-0.2, 0) is 14.9 Å². The molecule has 1 saturated heterocycles. The Balaban J connectivity index is 2.05. The van der Waals surface area contributed by atoms with E-state index in [-0.39, 0.29) is 17.0 Å². The molecule has 0 bridgehead atoms. The van der Waals surface area contributed by atoms with Gasteiger partial charge < -0.3 is 15.4 Å². The van der Waals surface area contributed by atoms with Crippen LogP contribution in [0.25, 0.3) is 0 Å². The van der Waals surface area contributed by atoms with E-state index >= 15 is 0 Å². The third kappa shape index (κ3) is 4.55. The number of nitrogens with zero attached hydrogens (tertiary/aromatic N) is 1. The molecule has 25 heavy (non-hydrogen) atoms. The molecule has 1 aromatic rings. The normalized spacial score (nSPS) is 17.1. The molecule has 7 nitrogen and oxygen atoms in total. The summed E-state index contributed by atoms with van der Waals surface area (Å²) < 4.78 is 5.38. The van der Waals surface area contributed by atoms with Crippen molar-refractivity contribution >= 4 is 11.6 Å². The van der Waals surface area contributed by atoms with Gasteiger partial charge in [0.05, 0.1) is 16.9 Å². The number of nitro benzene ring substituents is 1. The van der Waals surface area contributed by atoms with Crippen LogP contribution in [0.5, 0.6) is 0 Å². The van der Waals surface area contributed by atoms with E-state index in [9.17, 15) is 14.9 Å². The molecule has 1 amide bonds. The maximum Gasteiger partial charge on any atom is 0.269 e. The first-order valence-corrected chi connectivity index (χ1v) is 8.54. The topological polar surface area (TPSA) is 93.5 Å². The highest BCUT2D eigenvalue weighted by Gasteiger charge is 2.35. The molecule has 7 heteroatoms. The summed E-state index contributed by atoms with van der Waals surface area (Å²) in [4.78, 5) is 23.1. The molecule has 2 N–H and O–H groups in total. The van der Waals surface area contributed by atoms with E-state index in [2.05, 4.69) is 10.6 Å². The summed E-state index contributed by atoms with van der Waals surface area (Å²) in [6.07, 6.45) is 1.91. The second kappa shape index (κ2) is 7.93. The highest BCUT2D eigenvalue weighted by atomic mass is 16.6. The molecule has 2 rings (SSSR count). The number of rotatable bonds is 7. The number of carbonyl (C=O) groups excluding carboxylic acids is 1. The summed E-state index contributed by atoms with van der Waals surface area (Å²) in [6, 6.07) is 6.16. The van der Waals surface area contributed by atoms with Crippen molar-refractivity contribution in [3.8, 4) is 0 Å². The fourth-order valence-electron chi connectivity index (χ4n) is 3.26. The third-order valence-electron chi connectivity index (χ3n) is 5.11. The zero-order valence-electron chi connectivity index (χ0n) is 15.1. The van der Waals surface area contributed by atoms with Gasteiger partial charge in [0.25, 0.3) is 5.69 Å². The van der Waals surface area contributed by atoms with Gasteiger partial charge >= 0.3 is 0 Å². The summed E-state index contributed by atoms with van der Waals surface area (Å²) in [5.41, 5.74) is -0.0345. The summed E-state index contributed by atoms with van der Waals surface area (Å²) >= 11 is 0. The number of nitro groups is 1. The fourth-order valence-corrected chi connectivity index (χ4v) is 3.26. The maximum atomic E-state index is 12.8. The zero-order chi connectivity index (χ0) is 18.5. The van der Waals surface area contributed by atoms with Gasteiger partial charge in [-0.25, -0.2) is 0 Å². The largest absolute Gasteiger partial charge is 0.384 e. The number of hydrogen-bond acceptors (Lipinski definition) is 5. The molecule has 138 valence electrons. The summed E-state index contributed by atoms with van der Waals surface area (Å²) in [7, 11) is 1.69. The van der Waals surface area contributed by atoms with Crippen molar-refractivity contribution < 1.29 is 14.5 Å². The second-order valence-electron chi connectivity index (χ2n) is 7.29. The molecule has 1 heterocycles. The summed E-state index contributed by atoms with van der Waals surface area (Å²) in [6.45, 7) is 6.68. The highest BCUT2D eigenvalue weighted by Crippen LogP contribution is 2.30. The van der Waals surface area contributed by atoms with Crippen molar-refractivity contribution in [2.45, 2.75) is 32.1 Å². The van der Waals surface area contributed by atoms with Gasteiger partial charge in [-0.2, -0.15) is 0 Å². The van der Waals surface area contributed by atoms with Gasteiger partial charge in [0.15, 0.2) is 0 Å². The Kier molecular flexibility index (Phi) is 6.13. The number of benzene rings is 1. The van der Waals surface area contributed by atoms with Crippen molar-refractivity contribution in [2.75, 3.05) is 33.4 Å². The van der Waals surface area contributed by atoms with Crippen LogP contribution in [0.15, 0.2) is 24.3 Å². The molecule has 1 aliphatic heterocycles. The Morgan fingerprint density at radius 2 is 1.92 bits per heavy atom. The van der Waals surface area contributed by atoms with Crippen molar-refractivity contribution in [3.63, 3.8) is 0 Å². The number of nitrogens with one attached hydrogen (secondary N) is 2. The molecule has 0 aromatic heterocycles. The average molecular weight is 349 g/mol. The number of hydrogen-bond donors (Lipinski definition) is 2. The Bertz CT molecular complexity index is 602. The molecular weight excluding hydrogens is 322 g/mol. The Labute approximate surface area is 148 Å². The molecule has 0 spiro atoms. The SMILES string of the molecule is COCC1(CNC(=O)C(C)(C)c2ccc([N+](=O)[O-])cc2)CCNCC1. The number of carbonyl (C=O) groups is 1. The lowest BCUT2D eigenvalue weighted by molar-refractivity contribution is -0.384. The minimum Gasteiger partial charge on any atom is -0.384 e. The number of methoxy groups -OCH3 is 1. The van der Waals surface area contributed by atoms with E-state index < -0.39 is 10.3 Å². The van der Waals surface area contributed by atoms with Crippen LogP contribution in [0.3, 0.4) is 0 Å². The van der Waals surface area contributed by atoms with E-state index in [1.54, 1.807) is 19.2 Å². The lowest BCUT2D eigenvalue weighted by atomic mass is 9.78. The zero-order valence-corrected chi connectivity index (χ0v) is 15.1. The summed E-state index contributed by atoms with van der Waals surface area (Å²) in [5.74, 6) is -0.0876. The Hall–Kier alpha value is -1.99. The predicted molar refractivity (Wildman–Crippen MR) is 95.5 cm³/mol. The molecule has 0 radical (unpaired) electrons. The first-order chi connectivity index (χ1) is 11.8. The van der Waals surface area contributed by atoms with E-state index in [1.165, 1.54) is 12.1 Å². The van der Waals surface area contributed by atoms with Crippen LogP contribution in [0, 0.1) is 15.5 Å². The quantitative estimate of drug-likeness (QED) is 0.580. The lowest BCUT2D eigenvalue weighted by Crippen LogP contribution is -2.50. The molecule has 0 unspecified atom stereocenters.